The van der Waals surface area contributed by atoms with E-state index in [9.17, 15) is 9.59 Å². The van der Waals surface area contributed by atoms with Crippen molar-refractivity contribution in [1.29, 1.82) is 0 Å². The van der Waals surface area contributed by atoms with Crippen molar-refractivity contribution in [1.82, 2.24) is 0 Å². The molecule has 1 aliphatic heterocycles. The number of hydrogen-bond donors (Lipinski definition) is 0. The molecule has 4 aromatic rings. The minimum absolute atomic E-state index is 0.0550. The van der Waals surface area contributed by atoms with Crippen LogP contribution in [0.15, 0.2) is 76.5 Å². The highest BCUT2D eigenvalue weighted by Crippen LogP contribution is 2.42. The van der Waals surface area contributed by atoms with Gasteiger partial charge in [0.25, 0.3) is 5.91 Å². The van der Waals surface area contributed by atoms with Crippen LogP contribution in [0.4, 0.5) is 5.69 Å². The minimum atomic E-state index is -0.674. The van der Waals surface area contributed by atoms with Crippen molar-refractivity contribution in [3.05, 3.63) is 116 Å². The Morgan fingerprint density at radius 1 is 1.00 bits per heavy atom. The number of carbonyl (C=O) groups is 1. The fourth-order valence-electron chi connectivity index (χ4n) is 4.44. The van der Waals surface area contributed by atoms with Gasteiger partial charge in [-0.05, 0) is 79.4 Å². The van der Waals surface area contributed by atoms with E-state index in [4.69, 9.17) is 20.8 Å². The monoisotopic (exact) mass is 485 g/mol. The Morgan fingerprint density at radius 2 is 1.71 bits per heavy atom. The van der Waals surface area contributed by atoms with Crippen molar-refractivity contribution in [2.24, 2.45) is 0 Å². The summed E-state index contributed by atoms with van der Waals surface area (Å²) in [7, 11) is 0. The van der Waals surface area contributed by atoms with Crippen molar-refractivity contribution in [3.63, 3.8) is 0 Å². The molecular formula is C29H24ClNO4. The average molecular weight is 486 g/mol. The molecule has 0 spiro atoms. The summed E-state index contributed by atoms with van der Waals surface area (Å²) in [5.41, 5.74) is 4.72. The summed E-state index contributed by atoms with van der Waals surface area (Å²) in [4.78, 5) is 29.1. The van der Waals surface area contributed by atoms with Crippen LogP contribution in [-0.2, 0) is 0 Å². The smallest absolute Gasteiger partial charge is 0.295 e. The molecule has 35 heavy (non-hydrogen) atoms. The lowest BCUT2D eigenvalue weighted by Gasteiger charge is -2.25. The lowest BCUT2D eigenvalue weighted by molar-refractivity contribution is 0.0971. The molecule has 1 amide bonds. The summed E-state index contributed by atoms with van der Waals surface area (Å²) in [5.74, 6) is 0.341. The predicted octanol–water partition coefficient (Wildman–Crippen LogP) is 6.69. The zero-order valence-electron chi connectivity index (χ0n) is 19.7. The van der Waals surface area contributed by atoms with Crippen molar-refractivity contribution >= 4 is 34.2 Å². The number of fused-ring (bicyclic) bond motifs is 2. The van der Waals surface area contributed by atoms with E-state index in [1.54, 1.807) is 17.0 Å². The van der Waals surface area contributed by atoms with Gasteiger partial charge in [0.15, 0.2) is 5.43 Å². The van der Waals surface area contributed by atoms with E-state index in [-0.39, 0.29) is 17.1 Å². The molecule has 0 fully saturated rings. The van der Waals surface area contributed by atoms with E-state index < -0.39 is 6.04 Å². The van der Waals surface area contributed by atoms with Crippen molar-refractivity contribution in [2.75, 3.05) is 11.5 Å². The van der Waals surface area contributed by atoms with E-state index in [1.807, 2.05) is 69.3 Å². The van der Waals surface area contributed by atoms with Gasteiger partial charge in [-0.2, -0.15) is 0 Å². The van der Waals surface area contributed by atoms with Crippen LogP contribution < -0.4 is 15.1 Å². The largest absolute Gasteiger partial charge is 0.490 e. The zero-order valence-corrected chi connectivity index (χ0v) is 20.5. The maximum absolute atomic E-state index is 13.8. The number of benzene rings is 3. The molecule has 5 nitrogen and oxygen atoms in total. The molecule has 0 aliphatic carbocycles. The van der Waals surface area contributed by atoms with Gasteiger partial charge in [0, 0.05) is 10.7 Å². The molecule has 2 heterocycles. The number of carbonyl (C=O) groups excluding carboxylic acids is 1. The fraction of sp³-hybridized carbons (Fsp3) is 0.172. The maximum Gasteiger partial charge on any atom is 0.295 e. The van der Waals surface area contributed by atoms with E-state index in [1.165, 1.54) is 0 Å². The maximum atomic E-state index is 13.8. The highest BCUT2D eigenvalue weighted by molar-refractivity contribution is 6.31. The van der Waals surface area contributed by atoms with Crippen LogP contribution in [0.5, 0.6) is 5.75 Å². The number of anilines is 1. The van der Waals surface area contributed by atoms with Crippen LogP contribution in [0.2, 0.25) is 5.02 Å². The van der Waals surface area contributed by atoms with Crippen LogP contribution in [0.3, 0.4) is 0 Å². The molecule has 0 saturated heterocycles. The first-order valence-electron chi connectivity index (χ1n) is 11.3. The molecular weight excluding hydrogens is 462 g/mol. The van der Waals surface area contributed by atoms with E-state index >= 15 is 0 Å². The van der Waals surface area contributed by atoms with Gasteiger partial charge in [-0.15, -0.1) is 0 Å². The van der Waals surface area contributed by atoms with Crippen LogP contribution in [0.1, 0.15) is 44.4 Å². The first-order chi connectivity index (χ1) is 16.8. The van der Waals surface area contributed by atoms with Gasteiger partial charge in [0.1, 0.15) is 17.9 Å². The lowest BCUT2D eigenvalue weighted by Crippen LogP contribution is -2.29. The Labute approximate surface area is 208 Å². The molecule has 0 N–H and O–H groups in total. The standard InChI is InChI=1S/C29H24ClNO4/c1-5-12-34-21-10-7-19(8-11-21)26-25-27(32)22-13-17(3)18(4)14-24(22)35-28(25)29(33)31(26)20-9-6-16(2)23(30)15-20/h5-11,13-15,26H,1,12H2,2-4H3. The van der Waals surface area contributed by atoms with Crippen LogP contribution in [-0.4, -0.2) is 12.5 Å². The third kappa shape index (κ3) is 3.82. The molecule has 1 atom stereocenters. The van der Waals surface area contributed by atoms with E-state index in [0.29, 0.717) is 39.6 Å². The Morgan fingerprint density at radius 3 is 2.40 bits per heavy atom. The Balaban J connectivity index is 1.75. The number of hydrogen-bond acceptors (Lipinski definition) is 4. The number of ether oxygens (including phenoxy) is 1. The molecule has 1 aliphatic rings. The second-order valence-corrected chi connectivity index (χ2v) is 9.19. The van der Waals surface area contributed by atoms with Crippen LogP contribution in [0, 0.1) is 20.8 Å². The average Bonchev–Trinajstić information content (AvgIpc) is 3.13. The predicted molar refractivity (Wildman–Crippen MR) is 139 cm³/mol. The molecule has 3 aromatic carbocycles. The molecule has 0 bridgehead atoms. The van der Waals surface area contributed by atoms with Crippen LogP contribution >= 0.6 is 11.6 Å². The molecule has 0 radical (unpaired) electrons. The summed E-state index contributed by atoms with van der Waals surface area (Å²) >= 11 is 6.42. The van der Waals surface area contributed by atoms with Gasteiger partial charge < -0.3 is 9.15 Å². The van der Waals surface area contributed by atoms with Crippen LogP contribution in [0.25, 0.3) is 11.0 Å². The quantitative estimate of drug-likeness (QED) is 0.295. The van der Waals surface area contributed by atoms with E-state index in [2.05, 4.69) is 6.58 Å². The molecule has 176 valence electrons. The molecule has 1 unspecified atom stereocenters. The van der Waals surface area contributed by atoms with Gasteiger partial charge in [0.2, 0.25) is 5.76 Å². The topological polar surface area (TPSA) is 59.8 Å². The van der Waals surface area contributed by atoms with Crippen molar-refractivity contribution in [3.8, 4) is 5.75 Å². The Kier molecular flexibility index (Phi) is 5.73. The van der Waals surface area contributed by atoms with E-state index in [0.717, 1.165) is 22.3 Å². The van der Waals surface area contributed by atoms with Gasteiger partial charge in [-0.25, -0.2) is 0 Å². The lowest BCUT2D eigenvalue weighted by atomic mass is 9.97. The molecule has 6 heteroatoms. The molecule has 5 rings (SSSR count). The SMILES string of the molecule is C=CCOc1ccc(C2c3c(oc4cc(C)c(C)cc4c3=O)C(=O)N2c2ccc(C)c(Cl)c2)cc1. The number of rotatable bonds is 5. The highest BCUT2D eigenvalue weighted by Gasteiger charge is 2.43. The Bertz CT molecular complexity index is 1550. The summed E-state index contributed by atoms with van der Waals surface area (Å²) in [6, 6.07) is 15.8. The van der Waals surface area contributed by atoms with Crippen molar-refractivity contribution in [2.45, 2.75) is 26.8 Å². The van der Waals surface area contributed by atoms with Gasteiger partial charge >= 0.3 is 0 Å². The molecule has 0 saturated carbocycles. The molecule has 1 aromatic heterocycles. The summed E-state index contributed by atoms with van der Waals surface area (Å²) < 4.78 is 11.7. The second kappa shape index (κ2) is 8.75. The first kappa shape index (κ1) is 22.9. The normalized spacial score (nSPS) is 14.9. The third-order valence-electron chi connectivity index (χ3n) is 6.48. The van der Waals surface area contributed by atoms with Crippen molar-refractivity contribution < 1.29 is 13.9 Å². The highest BCUT2D eigenvalue weighted by atomic mass is 35.5. The summed E-state index contributed by atoms with van der Waals surface area (Å²) in [6.45, 7) is 9.84. The summed E-state index contributed by atoms with van der Waals surface area (Å²) in [6.07, 6.45) is 1.67. The summed E-state index contributed by atoms with van der Waals surface area (Å²) in [5, 5.41) is 0.994. The number of halogens is 1. The minimum Gasteiger partial charge on any atom is -0.490 e. The third-order valence-corrected chi connectivity index (χ3v) is 6.89. The second-order valence-electron chi connectivity index (χ2n) is 8.79. The first-order valence-corrected chi connectivity index (χ1v) is 11.7. The van der Waals surface area contributed by atoms with Gasteiger partial charge in [0.05, 0.1) is 17.0 Å². The zero-order chi connectivity index (χ0) is 24.9. The Hall–Kier alpha value is -3.83. The number of amides is 1. The number of aryl methyl sites for hydroxylation is 3. The van der Waals surface area contributed by atoms with Gasteiger partial charge in [-0.3, -0.25) is 14.5 Å². The number of nitrogens with zero attached hydrogens (tertiary/aromatic N) is 1. The van der Waals surface area contributed by atoms with Gasteiger partial charge in [-0.1, -0.05) is 42.5 Å². The fourth-order valence-corrected chi connectivity index (χ4v) is 4.62.